The lowest BCUT2D eigenvalue weighted by Gasteiger charge is -2.24. The monoisotopic (exact) mass is 308 g/mol. The highest BCUT2D eigenvalue weighted by Crippen LogP contribution is 2.38. The Morgan fingerprint density at radius 3 is 2.81 bits per heavy atom. The van der Waals surface area contributed by atoms with E-state index in [2.05, 4.69) is 19.4 Å². The van der Waals surface area contributed by atoms with Crippen LogP contribution in [0.1, 0.15) is 20.3 Å². The summed E-state index contributed by atoms with van der Waals surface area (Å²) in [5.74, 6) is -1.31. The second-order valence-electron chi connectivity index (χ2n) is 4.83. The number of fused-ring (bicyclic) bond motifs is 1. The second-order valence-corrected chi connectivity index (χ2v) is 5.36. The van der Waals surface area contributed by atoms with Gasteiger partial charge in [0.15, 0.2) is 0 Å². The second kappa shape index (κ2) is 6.15. The maximum absolute atomic E-state index is 12.0. The van der Waals surface area contributed by atoms with Gasteiger partial charge in [-0.15, -0.1) is 0 Å². The van der Waals surface area contributed by atoms with Gasteiger partial charge in [0.05, 0.1) is 23.6 Å². The molecule has 0 bridgehead atoms. The van der Waals surface area contributed by atoms with Gasteiger partial charge >= 0.3 is 5.97 Å². The standard InChI is InChI=1S/C13H16N4O3S/c1-3-13(2,12(19)20)14-7-10(18)15-8-5-4-6-9-11(8)17-21-16-9/h4-6,14H,3,7H2,1-2H3,(H,15,18)(H,19,20). The molecule has 1 atom stereocenters. The lowest BCUT2D eigenvalue weighted by atomic mass is 9.99. The third kappa shape index (κ3) is 3.34. The van der Waals surface area contributed by atoms with Crippen LogP contribution in [0.25, 0.3) is 0 Å². The van der Waals surface area contributed by atoms with Crippen molar-refractivity contribution in [3.8, 4) is 0 Å². The van der Waals surface area contributed by atoms with Gasteiger partial charge in [-0.3, -0.25) is 14.9 Å². The van der Waals surface area contributed by atoms with Crippen LogP contribution in [0.5, 0.6) is 0 Å². The number of carbonyl (C=O) groups excluding carboxylic acids is 1. The van der Waals surface area contributed by atoms with Gasteiger partial charge in [0, 0.05) is 0 Å². The molecule has 2 rings (SSSR count). The number of hydrogen-bond acceptors (Lipinski definition) is 5. The molecule has 21 heavy (non-hydrogen) atoms. The zero-order valence-corrected chi connectivity index (χ0v) is 12.5. The molecule has 112 valence electrons. The van der Waals surface area contributed by atoms with Crippen LogP contribution >= 0.6 is 0 Å². The van der Waals surface area contributed by atoms with Crippen molar-refractivity contribution in [3.63, 3.8) is 0 Å². The molecule has 1 heterocycles. The average Bonchev–Trinajstić information content (AvgIpc) is 2.94. The molecule has 1 aliphatic heterocycles. The Balaban J connectivity index is 1.99. The lowest BCUT2D eigenvalue weighted by molar-refractivity contribution is -0.144. The van der Waals surface area contributed by atoms with Gasteiger partial charge < -0.3 is 10.4 Å². The maximum atomic E-state index is 12.0. The third-order valence-electron chi connectivity index (χ3n) is 3.38. The van der Waals surface area contributed by atoms with E-state index in [1.807, 2.05) is 6.07 Å². The Hall–Kier alpha value is -2.06. The maximum Gasteiger partial charge on any atom is 0.323 e. The summed E-state index contributed by atoms with van der Waals surface area (Å²) in [4.78, 5) is 23.1. The number of nitrogens with zero attached hydrogens (tertiary/aromatic N) is 2. The molecule has 0 saturated heterocycles. The minimum Gasteiger partial charge on any atom is -0.480 e. The number of carbonyl (C=O) groups is 2. The van der Waals surface area contributed by atoms with Crippen molar-refractivity contribution in [2.75, 3.05) is 11.9 Å². The number of amides is 1. The average molecular weight is 308 g/mol. The number of nitrogens with one attached hydrogen (secondary N) is 2. The first kappa shape index (κ1) is 15.3. The summed E-state index contributed by atoms with van der Waals surface area (Å²) in [6, 6.07) is 5.32. The van der Waals surface area contributed by atoms with Crippen LogP contribution in [0, 0.1) is 0 Å². The Morgan fingerprint density at radius 1 is 1.38 bits per heavy atom. The van der Waals surface area contributed by atoms with Crippen LogP contribution in [-0.4, -0.2) is 29.1 Å². The van der Waals surface area contributed by atoms with Crippen LogP contribution in [0.2, 0.25) is 0 Å². The van der Waals surface area contributed by atoms with Crippen molar-refractivity contribution < 1.29 is 14.7 Å². The van der Waals surface area contributed by atoms with Gasteiger partial charge in [0.2, 0.25) is 5.91 Å². The topological polar surface area (TPSA) is 103 Å². The molecule has 0 spiro atoms. The van der Waals surface area contributed by atoms with Crippen molar-refractivity contribution in [1.82, 2.24) is 5.32 Å². The molecule has 1 aromatic carbocycles. The smallest absolute Gasteiger partial charge is 0.323 e. The van der Waals surface area contributed by atoms with Crippen molar-refractivity contribution >= 4 is 40.3 Å². The molecular weight excluding hydrogens is 292 g/mol. The summed E-state index contributed by atoms with van der Waals surface area (Å²) in [5.41, 5.74) is 0.800. The van der Waals surface area contributed by atoms with E-state index < -0.39 is 11.5 Å². The third-order valence-corrected chi connectivity index (χ3v) is 3.92. The molecule has 8 heteroatoms. The molecule has 0 aliphatic carbocycles. The van der Waals surface area contributed by atoms with Gasteiger partial charge in [0.25, 0.3) is 0 Å². The Kier molecular flexibility index (Phi) is 4.49. The van der Waals surface area contributed by atoms with Crippen molar-refractivity contribution in [1.29, 1.82) is 0 Å². The number of benzene rings is 1. The number of hydrogen-bond donors (Lipinski definition) is 3. The summed E-state index contributed by atoms with van der Waals surface area (Å²) in [6.45, 7) is 3.21. The number of carboxylic acids is 1. The van der Waals surface area contributed by atoms with Gasteiger partial charge in [-0.25, -0.2) is 0 Å². The van der Waals surface area contributed by atoms with E-state index >= 15 is 0 Å². The molecule has 0 radical (unpaired) electrons. The molecular formula is C13H16N4O3S. The minimum absolute atomic E-state index is 0.0927. The van der Waals surface area contributed by atoms with Gasteiger partial charge in [-0.1, -0.05) is 13.0 Å². The van der Waals surface area contributed by atoms with E-state index in [4.69, 9.17) is 5.11 Å². The zero-order valence-electron chi connectivity index (χ0n) is 11.7. The van der Waals surface area contributed by atoms with E-state index in [1.165, 1.54) is 0 Å². The number of rotatable bonds is 6. The van der Waals surface area contributed by atoms with Gasteiger partial charge in [-0.2, -0.15) is 8.73 Å². The zero-order chi connectivity index (χ0) is 15.5. The first-order chi connectivity index (χ1) is 9.96. The van der Waals surface area contributed by atoms with Crippen molar-refractivity contribution in [2.45, 2.75) is 25.8 Å². The molecule has 1 amide bonds. The fourth-order valence-corrected chi connectivity index (χ4v) is 2.28. The molecule has 7 nitrogen and oxygen atoms in total. The predicted octanol–water partition coefficient (Wildman–Crippen LogP) is 2.19. The van der Waals surface area contributed by atoms with Crippen LogP contribution < -0.4 is 10.6 Å². The van der Waals surface area contributed by atoms with Gasteiger partial charge in [-0.05, 0) is 25.5 Å². The fraction of sp³-hybridized carbons (Fsp3) is 0.385. The predicted molar refractivity (Wildman–Crippen MR) is 80.9 cm³/mol. The van der Waals surface area contributed by atoms with Crippen LogP contribution in [0.3, 0.4) is 0 Å². The highest BCUT2D eigenvalue weighted by Gasteiger charge is 2.30. The van der Waals surface area contributed by atoms with Crippen molar-refractivity contribution in [2.24, 2.45) is 8.73 Å². The van der Waals surface area contributed by atoms with Crippen LogP contribution in [-0.2, 0) is 20.9 Å². The molecule has 0 saturated carbocycles. The minimum atomic E-state index is -1.12. The molecule has 1 aliphatic rings. The number of aliphatic carboxylic acids is 1. The normalized spacial score (nSPS) is 15.0. The lowest BCUT2D eigenvalue weighted by Crippen LogP contribution is -2.51. The van der Waals surface area contributed by atoms with Gasteiger partial charge in [0.1, 0.15) is 16.9 Å². The highest BCUT2D eigenvalue weighted by atomic mass is 32.1. The first-order valence-corrected chi connectivity index (χ1v) is 7.19. The Labute approximate surface area is 125 Å². The van der Waals surface area contributed by atoms with E-state index in [-0.39, 0.29) is 12.5 Å². The fourth-order valence-electron chi connectivity index (χ4n) is 1.73. The number of anilines is 1. The van der Waals surface area contributed by atoms with E-state index in [0.29, 0.717) is 17.8 Å². The van der Waals surface area contributed by atoms with E-state index in [1.54, 1.807) is 26.0 Å². The molecule has 1 aromatic rings. The highest BCUT2D eigenvalue weighted by molar-refractivity contribution is 7.58. The molecule has 3 N–H and O–H groups in total. The Bertz CT molecular complexity index is 655. The quantitative estimate of drug-likeness (QED) is 0.761. The summed E-state index contributed by atoms with van der Waals surface area (Å²) in [6.07, 6.45) is 0.376. The Morgan fingerprint density at radius 2 is 2.14 bits per heavy atom. The number of carboxylic acid groups (broad SMARTS) is 1. The molecule has 0 fully saturated rings. The van der Waals surface area contributed by atoms with E-state index in [0.717, 1.165) is 17.0 Å². The summed E-state index contributed by atoms with van der Waals surface area (Å²) in [7, 11) is 0. The largest absolute Gasteiger partial charge is 0.480 e. The molecule has 1 unspecified atom stereocenters. The van der Waals surface area contributed by atoms with E-state index in [9.17, 15) is 9.59 Å². The summed E-state index contributed by atoms with van der Waals surface area (Å²) < 4.78 is 8.22. The summed E-state index contributed by atoms with van der Waals surface area (Å²) >= 11 is 1.07. The van der Waals surface area contributed by atoms with Crippen molar-refractivity contribution in [3.05, 3.63) is 18.2 Å². The summed E-state index contributed by atoms with van der Waals surface area (Å²) in [5, 5.41) is 14.6. The first-order valence-electron chi connectivity index (χ1n) is 6.46. The molecule has 0 aromatic heterocycles. The van der Waals surface area contributed by atoms with Crippen LogP contribution in [0.4, 0.5) is 17.1 Å². The van der Waals surface area contributed by atoms with Crippen LogP contribution in [0.15, 0.2) is 26.9 Å². The SMILES string of the molecule is CCC(C)(NCC(=O)Nc1cccc2c1N=S=N2)C(=O)O.